The van der Waals surface area contributed by atoms with Gasteiger partial charge < -0.3 is 19.6 Å². The van der Waals surface area contributed by atoms with Gasteiger partial charge in [-0.05, 0) is 59.1 Å². The van der Waals surface area contributed by atoms with Crippen LogP contribution in [0.1, 0.15) is 17.0 Å². The Labute approximate surface area is 178 Å². The SMILES string of the molecule is COC(=O)C(N)Cc1ccc(OCCc2nc(-c3ccccc3)oc2C)c(Br)c1. The highest BCUT2D eigenvalue weighted by Crippen LogP contribution is 2.27. The number of benzene rings is 2. The van der Waals surface area contributed by atoms with E-state index in [1.165, 1.54) is 7.11 Å². The summed E-state index contributed by atoms with van der Waals surface area (Å²) < 4.78 is 17.1. The topological polar surface area (TPSA) is 87.6 Å². The average Bonchev–Trinajstić information content (AvgIpc) is 3.10. The van der Waals surface area contributed by atoms with E-state index < -0.39 is 12.0 Å². The van der Waals surface area contributed by atoms with Crippen molar-refractivity contribution in [3.63, 3.8) is 0 Å². The molecule has 3 aromatic rings. The fourth-order valence-corrected chi connectivity index (χ4v) is 3.44. The molecule has 0 amide bonds. The van der Waals surface area contributed by atoms with Crippen molar-refractivity contribution in [2.75, 3.05) is 13.7 Å². The van der Waals surface area contributed by atoms with Crippen molar-refractivity contribution in [1.29, 1.82) is 0 Å². The minimum absolute atomic E-state index is 0.395. The predicted molar refractivity (Wildman–Crippen MR) is 114 cm³/mol. The van der Waals surface area contributed by atoms with Crippen LogP contribution in [0.2, 0.25) is 0 Å². The molecule has 1 heterocycles. The molecule has 2 aromatic carbocycles. The normalized spacial score (nSPS) is 11.9. The summed E-state index contributed by atoms with van der Waals surface area (Å²) in [5, 5.41) is 0. The van der Waals surface area contributed by atoms with Crippen molar-refractivity contribution in [1.82, 2.24) is 4.98 Å². The van der Waals surface area contributed by atoms with Crippen molar-refractivity contribution < 1.29 is 18.7 Å². The molecule has 0 bridgehead atoms. The fourth-order valence-electron chi connectivity index (χ4n) is 2.90. The fraction of sp³-hybridized carbons (Fsp3) is 0.273. The van der Waals surface area contributed by atoms with Gasteiger partial charge in [0.25, 0.3) is 0 Å². The molecule has 2 N–H and O–H groups in total. The van der Waals surface area contributed by atoms with Crippen molar-refractivity contribution in [2.24, 2.45) is 5.73 Å². The summed E-state index contributed by atoms with van der Waals surface area (Å²) in [7, 11) is 1.33. The molecule has 29 heavy (non-hydrogen) atoms. The van der Waals surface area contributed by atoms with E-state index in [1.807, 2.05) is 55.5 Å². The van der Waals surface area contributed by atoms with Gasteiger partial charge in [-0.1, -0.05) is 24.3 Å². The van der Waals surface area contributed by atoms with E-state index in [9.17, 15) is 4.79 Å². The summed E-state index contributed by atoms with van der Waals surface area (Å²) in [4.78, 5) is 16.1. The number of hydrogen-bond donors (Lipinski definition) is 1. The molecule has 7 heteroatoms. The van der Waals surface area contributed by atoms with Crippen LogP contribution < -0.4 is 10.5 Å². The van der Waals surface area contributed by atoms with E-state index in [4.69, 9.17) is 14.9 Å². The van der Waals surface area contributed by atoms with Crippen LogP contribution in [0.3, 0.4) is 0 Å². The summed E-state index contributed by atoms with van der Waals surface area (Å²) in [6.07, 6.45) is 1.02. The summed E-state index contributed by atoms with van der Waals surface area (Å²) in [6.45, 7) is 2.37. The Morgan fingerprint density at radius 2 is 2.00 bits per heavy atom. The first-order chi connectivity index (χ1) is 14.0. The Hall–Kier alpha value is -2.64. The number of ether oxygens (including phenoxy) is 2. The molecule has 3 rings (SSSR count). The first-order valence-electron chi connectivity index (χ1n) is 9.24. The standard InChI is InChI=1S/C22H23BrN2O4/c1-14-19(25-21(29-14)16-6-4-3-5-7-16)10-11-28-20-9-8-15(12-17(20)23)13-18(24)22(26)27-2/h3-9,12,18H,10-11,13,24H2,1-2H3. The number of methoxy groups -OCH3 is 1. The lowest BCUT2D eigenvalue weighted by atomic mass is 10.1. The van der Waals surface area contributed by atoms with Crippen LogP contribution in [0.25, 0.3) is 11.5 Å². The number of nitrogens with two attached hydrogens (primary N) is 1. The molecular formula is C22H23BrN2O4. The molecule has 0 aliphatic heterocycles. The predicted octanol–water partition coefficient (Wildman–Crippen LogP) is 4.08. The second-order valence-electron chi connectivity index (χ2n) is 6.58. The highest BCUT2D eigenvalue weighted by molar-refractivity contribution is 9.10. The van der Waals surface area contributed by atoms with Gasteiger partial charge in [0, 0.05) is 12.0 Å². The van der Waals surface area contributed by atoms with Gasteiger partial charge in [0.05, 0.1) is 23.9 Å². The number of oxazole rings is 1. The van der Waals surface area contributed by atoms with Crippen LogP contribution in [0.4, 0.5) is 0 Å². The maximum Gasteiger partial charge on any atom is 0.322 e. The molecule has 0 aliphatic rings. The largest absolute Gasteiger partial charge is 0.492 e. The second kappa shape index (κ2) is 9.71. The van der Waals surface area contributed by atoms with Crippen molar-refractivity contribution in [2.45, 2.75) is 25.8 Å². The zero-order valence-corrected chi connectivity index (χ0v) is 17.9. The number of carbonyl (C=O) groups excluding carboxylic acids is 1. The number of aromatic nitrogens is 1. The Bertz CT molecular complexity index is 972. The minimum atomic E-state index is -0.687. The highest BCUT2D eigenvalue weighted by atomic mass is 79.9. The Morgan fingerprint density at radius 3 is 2.69 bits per heavy atom. The molecule has 0 aliphatic carbocycles. The smallest absolute Gasteiger partial charge is 0.322 e. The van der Waals surface area contributed by atoms with Crippen LogP contribution in [-0.2, 0) is 22.4 Å². The molecule has 0 radical (unpaired) electrons. The first kappa shape index (κ1) is 21.1. The Morgan fingerprint density at radius 1 is 1.24 bits per heavy atom. The molecule has 1 unspecified atom stereocenters. The number of hydrogen-bond acceptors (Lipinski definition) is 6. The maximum absolute atomic E-state index is 11.5. The number of rotatable bonds is 8. The summed E-state index contributed by atoms with van der Waals surface area (Å²) in [6, 6.07) is 14.8. The van der Waals surface area contributed by atoms with E-state index in [0.29, 0.717) is 31.1 Å². The summed E-state index contributed by atoms with van der Waals surface area (Å²) >= 11 is 3.51. The zero-order valence-electron chi connectivity index (χ0n) is 16.4. The second-order valence-corrected chi connectivity index (χ2v) is 7.44. The third-order valence-corrected chi connectivity index (χ3v) is 5.09. The third-order valence-electron chi connectivity index (χ3n) is 4.47. The molecule has 0 fully saturated rings. The summed E-state index contributed by atoms with van der Waals surface area (Å²) in [5.74, 6) is 1.69. The molecule has 6 nitrogen and oxygen atoms in total. The van der Waals surface area contributed by atoms with Crippen LogP contribution in [0.5, 0.6) is 5.75 Å². The molecule has 1 aromatic heterocycles. The van der Waals surface area contributed by atoms with Crippen LogP contribution in [0, 0.1) is 6.92 Å². The van der Waals surface area contributed by atoms with Gasteiger partial charge in [-0.15, -0.1) is 0 Å². The van der Waals surface area contributed by atoms with E-state index >= 15 is 0 Å². The quantitative estimate of drug-likeness (QED) is 0.511. The third kappa shape index (κ3) is 5.46. The van der Waals surface area contributed by atoms with E-state index in [-0.39, 0.29) is 0 Å². The highest BCUT2D eigenvalue weighted by Gasteiger charge is 2.15. The lowest BCUT2D eigenvalue weighted by Crippen LogP contribution is -2.33. The van der Waals surface area contributed by atoms with Crippen LogP contribution >= 0.6 is 15.9 Å². The van der Waals surface area contributed by atoms with Crippen molar-refractivity contribution in [3.8, 4) is 17.2 Å². The van der Waals surface area contributed by atoms with Crippen molar-refractivity contribution in [3.05, 3.63) is 70.0 Å². The van der Waals surface area contributed by atoms with Crippen LogP contribution in [0.15, 0.2) is 57.4 Å². The van der Waals surface area contributed by atoms with Gasteiger partial charge in [-0.2, -0.15) is 0 Å². The number of carbonyl (C=O) groups is 1. The summed E-state index contributed by atoms with van der Waals surface area (Å²) in [5.41, 5.74) is 8.56. The molecule has 1 atom stereocenters. The van der Waals surface area contributed by atoms with Gasteiger partial charge in [-0.25, -0.2) is 4.98 Å². The zero-order chi connectivity index (χ0) is 20.8. The van der Waals surface area contributed by atoms with E-state index in [1.54, 1.807) is 0 Å². The molecule has 0 spiro atoms. The number of nitrogens with zero attached hydrogens (tertiary/aromatic N) is 1. The molecule has 152 valence electrons. The lowest BCUT2D eigenvalue weighted by molar-refractivity contribution is -0.142. The van der Waals surface area contributed by atoms with Crippen LogP contribution in [-0.4, -0.2) is 30.7 Å². The molecule has 0 saturated heterocycles. The van der Waals surface area contributed by atoms with Gasteiger partial charge in [0.2, 0.25) is 5.89 Å². The van der Waals surface area contributed by atoms with Gasteiger partial charge in [-0.3, -0.25) is 4.79 Å². The van der Waals surface area contributed by atoms with Crippen molar-refractivity contribution >= 4 is 21.9 Å². The van der Waals surface area contributed by atoms with E-state index in [2.05, 4.69) is 25.7 Å². The first-order valence-corrected chi connectivity index (χ1v) is 10.0. The maximum atomic E-state index is 11.5. The number of halogens is 1. The average molecular weight is 459 g/mol. The Balaban J connectivity index is 1.58. The molecular weight excluding hydrogens is 436 g/mol. The number of aryl methyl sites for hydroxylation is 1. The van der Waals surface area contributed by atoms with Gasteiger partial charge in [0.1, 0.15) is 17.6 Å². The lowest BCUT2D eigenvalue weighted by Gasteiger charge is -2.12. The Kier molecular flexibility index (Phi) is 7.06. The minimum Gasteiger partial charge on any atom is -0.492 e. The monoisotopic (exact) mass is 458 g/mol. The number of esters is 1. The van der Waals surface area contributed by atoms with E-state index in [0.717, 1.165) is 27.1 Å². The molecule has 0 saturated carbocycles. The van der Waals surface area contributed by atoms with Gasteiger partial charge in [0.15, 0.2) is 0 Å². The van der Waals surface area contributed by atoms with Gasteiger partial charge >= 0.3 is 5.97 Å².